The normalized spacial score (nSPS) is 15.9. The van der Waals surface area contributed by atoms with E-state index >= 15 is 0 Å². The van der Waals surface area contributed by atoms with Gasteiger partial charge in [-0.1, -0.05) is 40.5 Å². The second-order valence-electron chi connectivity index (χ2n) is 6.02. The van der Waals surface area contributed by atoms with Gasteiger partial charge in [-0.05, 0) is 19.4 Å². The highest BCUT2D eigenvalue weighted by Crippen LogP contribution is 2.28. The fourth-order valence-corrected chi connectivity index (χ4v) is 1.81. The molecule has 0 spiro atoms. The van der Waals surface area contributed by atoms with Gasteiger partial charge < -0.3 is 16.2 Å². The Hall–Kier alpha value is -0.120. The Morgan fingerprint density at radius 1 is 1.00 bits per heavy atom. The van der Waals surface area contributed by atoms with Crippen LogP contribution in [0.5, 0.6) is 0 Å². The average Bonchev–Trinajstić information content (AvgIpc) is 2.34. The zero-order valence-corrected chi connectivity index (χ0v) is 12.2. The topological polar surface area (TPSA) is 61.3 Å². The van der Waals surface area contributed by atoms with E-state index in [0.29, 0.717) is 13.1 Å². The highest BCUT2D eigenvalue weighted by Gasteiger charge is 2.27. The van der Waals surface area contributed by atoms with Gasteiger partial charge in [0.25, 0.3) is 0 Å². The second-order valence-corrected chi connectivity index (χ2v) is 6.02. The van der Waals surface area contributed by atoms with Gasteiger partial charge in [-0.25, -0.2) is 0 Å². The van der Waals surface area contributed by atoms with E-state index in [-0.39, 0.29) is 10.8 Å². The van der Waals surface area contributed by atoms with Crippen LogP contribution in [0, 0.1) is 10.8 Å². The smallest absolute Gasteiger partial charge is 0.0534 e. The summed E-state index contributed by atoms with van der Waals surface area (Å²) in [6.07, 6.45) is 4.71. The van der Waals surface area contributed by atoms with Crippen LogP contribution in [0.15, 0.2) is 0 Å². The van der Waals surface area contributed by atoms with Crippen LogP contribution in [-0.4, -0.2) is 26.3 Å². The van der Waals surface area contributed by atoms with Crippen LogP contribution in [0.25, 0.3) is 0 Å². The molecular formula is C14H32N2O. The summed E-state index contributed by atoms with van der Waals surface area (Å²) in [4.78, 5) is 0. The van der Waals surface area contributed by atoms with Crippen molar-refractivity contribution in [2.45, 2.75) is 53.4 Å². The van der Waals surface area contributed by atoms with E-state index in [1.54, 1.807) is 0 Å². The maximum absolute atomic E-state index is 5.94. The van der Waals surface area contributed by atoms with E-state index in [9.17, 15) is 0 Å². The van der Waals surface area contributed by atoms with Crippen molar-refractivity contribution < 1.29 is 4.74 Å². The monoisotopic (exact) mass is 244 g/mol. The van der Waals surface area contributed by atoms with Crippen LogP contribution in [0.2, 0.25) is 0 Å². The molecule has 3 nitrogen and oxygen atoms in total. The first kappa shape index (κ1) is 16.9. The van der Waals surface area contributed by atoms with Crippen molar-refractivity contribution in [2.75, 3.05) is 26.3 Å². The first-order valence-electron chi connectivity index (χ1n) is 6.93. The molecule has 0 amide bonds. The van der Waals surface area contributed by atoms with Crippen molar-refractivity contribution in [1.82, 2.24) is 0 Å². The number of ether oxygens (including phenoxy) is 1. The summed E-state index contributed by atoms with van der Waals surface area (Å²) >= 11 is 0. The molecule has 4 N–H and O–H groups in total. The van der Waals surface area contributed by atoms with Crippen LogP contribution in [0.1, 0.15) is 53.4 Å². The summed E-state index contributed by atoms with van der Waals surface area (Å²) in [6, 6.07) is 0. The molecule has 0 saturated heterocycles. The molecular weight excluding hydrogens is 212 g/mol. The van der Waals surface area contributed by atoms with Crippen molar-refractivity contribution in [3.05, 3.63) is 0 Å². The molecule has 1 atom stereocenters. The third-order valence-corrected chi connectivity index (χ3v) is 3.70. The lowest BCUT2D eigenvalue weighted by Gasteiger charge is -2.33. The Bertz CT molecular complexity index is 189. The summed E-state index contributed by atoms with van der Waals surface area (Å²) in [5.41, 5.74) is 11.9. The minimum absolute atomic E-state index is 0.0683. The Labute approximate surface area is 107 Å². The number of rotatable bonds is 10. The van der Waals surface area contributed by atoms with E-state index in [1.807, 2.05) is 0 Å². The van der Waals surface area contributed by atoms with Crippen molar-refractivity contribution in [2.24, 2.45) is 22.3 Å². The standard InChI is InChI=1S/C14H32N2O/c1-5-7-8-14(6-2,10-16)12-17-11-13(3,4)9-15/h5-12,15-16H2,1-4H3. The predicted octanol–water partition coefficient (Wildman–Crippen LogP) is 2.53. The van der Waals surface area contributed by atoms with E-state index in [2.05, 4.69) is 27.7 Å². The Morgan fingerprint density at radius 2 is 1.65 bits per heavy atom. The summed E-state index contributed by atoms with van der Waals surface area (Å²) in [6.45, 7) is 11.6. The number of hydrogen-bond acceptors (Lipinski definition) is 3. The molecule has 3 heteroatoms. The van der Waals surface area contributed by atoms with Gasteiger partial charge >= 0.3 is 0 Å². The van der Waals surface area contributed by atoms with Gasteiger partial charge in [0.15, 0.2) is 0 Å². The quantitative estimate of drug-likeness (QED) is 0.621. The molecule has 0 radical (unpaired) electrons. The summed E-state index contributed by atoms with van der Waals surface area (Å²) in [5, 5.41) is 0. The van der Waals surface area contributed by atoms with Crippen LogP contribution in [0.4, 0.5) is 0 Å². The van der Waals surface area contributed by atoms with Crippen molar-refractivity contribution >= 4 is 0 Å². The lowest BCUT2D eigenvalue weighted by atomic mass is 9.81. The molecule has 0 aliphatic rings. The molecule has 0 heterocycles. The summed E-state index contributed by atoms with van der Waals surface area (Å²) in [7, 11) is 0. The van der Waals surface area contributed by atoms with Crippen LogP contribution >= 0.6 is 0 Å². The number of unbranched alkanes of at least 4 members (excludes halogenated alkanes) is 1. The van der Waals surface area contributed by atoms with Crippen molar-refractivity contribution in [3.8, 4) is 0 Å². The fourth-order valence-electron chi connectivity index (χ4n) is 1.81. The molecule has 0 aromatic carbocycles. The van der Waals surface area contributed by atoms with Crippen molar-refractivity contribution in [3.63, 3.8) is 0 Å². The molecule has 0 aliphatic heterocycles. The largest absolute Gasteiger partial charge is 0.380 e. The molecule has 0 aromatic heterocycles. The molecule has 0 aromatic rings. The highest BCUT2D eigenvalue weighted by atomic mass is 16.5. The van der Waals surface area contributed by atoms with E-state index in [0.717, 1.165) is 19.6 Å². The zero-order valence-electron chi connectivity index (χ0n) is 12.2. The molecule has 0 rings (SSSR count). The SMILES string of the molecule is CCCCC(CC)(CN)COCC(C)(C)CN. The third kappa shape index (κ3) is 6.39. The summed E-state index contributed by atoms with van der Waals surface area (Å²) < 4.78 is 5.87. The van der Waals surface area contributed by atoms with Gasteiger partial charge in [-0.15, -0.1) is 0 Å². The van der Waals surface area contributed by atoms with Gasteiger partial charge in [0, 0.05) is 17.4 Å². The third-order valence-electron chi connectivity index (χ3n) is 3.70. The Kier molecular flexibility index (Phi) is 8.01. The lowest BCUT2D eigenvalue weighted by Crippen LogP contribution is -2.37. The van der Waals surface area contributed by atoms with E-state index in [4.69, 9.17) is 16.2 Å². The first-order chi connectivity index (χ1) is 7.95. The van der Waals surface area contributed by atoms with Gasteiger partial charge in [0.1, 0.15) is 0 Å². The highest BCUT2D eigenvalue weighted by molar-refractivity contribution is 4.79. The number of hydrogen-bond donors (Lipinski definition) is 2. The average molecular weight is 244 g/mol. The summed E-state index contributed by atoms with van der Waals surface area (Å²) in [5.74, 6) is 0. The van der Waals surface area contributed by atoms with Crippen LogP contribution in [-0.2, 0) is 4.74 Å². The molecule has 0 fully saturated rings. The molecule has 104 valence electrons. The van der Waals surface area contributed by atoms with E-state index < -0.39 is 0 Å². The molecule has 0 bridgehead atoms. The Balaban J connectivity index is 4.16. The Morgan fingerprint density at radius 3 is 2.06 bits per heavy atom. The first-order valence-corrected chi connectivity index (χ1v) is 6.93. The van der Waals surface area contributed by atoms with Gasteiger partial charge in [-0.3, -0.25) is 0 Å². The number of nitrogens with two attached hydrogens (primary N) is 2. The van der Waals surface area contributed by atoms with Gasteiger partial charge in [0.05, 0.1) is 13.2 Å². The van der Waals surface area contributed by atoms with Gasteiger partial charge in [-0.2, -0.15) is 0 Å². The minimum Gasteiger partial charge on any atom is -0.380 e. The lowest BCUT2D eigenvalue weighted by molar-refractivity contribution is 0.00195. The molecule has 0 saturated carbocycles. The predicted molar refractivity (Wildman–Crippen MR) is 75.0 cm³/mol. The maximum Gasteiger partial charge on any atom is 0.0534 e. The zero-order chi connectivity index (χ0) is 13.4. The second kappa shape index (κ2) is 8.06. The van der Waals surface area contributed by atoms with Crippen LogP contribution in [0.3, 0.4) is 0 Å². The van der Waals surface area contributed by atoms with Crippen LogP contribution < -0.4 is 11.5 Å². The fraction of sp³-hybridized carbons (Fsp3) is 1.00. The van der Waals surface area contributed by atoms with Gasteiger partial charge in [0.2, 0.25) is 0 Å². The molecule has 17 heavy (non-hydrogen) atoms. The molecule has 1 unspecified atom stereocenters. The minimum atomic E-state index is 0.0683. The maximum atomic E-state index is 5.94. The van der Waals surface area contributed by atoms with Crippen molar-refractivity contribution in [1.29, 1.82) is 0 Å². The molecule has 0 aliphatic carbocycles. The van der Waals surface area contributed by atoms with E-state index in [1.165, 1.54) is 19.3 Å².